The zero-order valence-electron chi connectivity index (χ0n) is 11.5. The van der Waals surface area contributed by atoms with E-state index < -0.39 is 0 Å². The third-order valence-electron chi connectivity index (χ3n) is 3.48. The molecule has 2 N–H and O–H groups in total. The highest BCUT2D eigenvalue weighted by Gasteiger charge is 2.26. The molecule has 1 aliphatic rings. The SMILES string of the molecule is COc1cccc(C(=O)NC2CNCC2C)c1OC. The van der Waals surface area contributed by atoms with Crippen LogP contribution in [0.15, 0.2) is 18.2 Å². The predicted octanol–water partition coefficient (Wildman–Crippen LogP) is 1.04. The summed E-state index contributed by atoms with van der Waals surface area (Å²) in [5.74, 6) is 1.34. The van der Waals surface area contributed by atoms with Gasteiger partial charge in [0.2, 0.25) is 0 Å². The van der Waals surface area contributed by atoms with E-state index in [-0.39, 0.29) is 11.9 Å². The lowest BCUT2D eigenvalue weighted by atomic mass is 10.1. The Morgan fingerprint density at radius 3 is 2.68 bits per heavy atom. The molecule has 0 spiro atoms. The van der Waals surface area contributed by atoms with Crippen molar-refractivity contribution in [3.05, 3.63) is 23.8 Å². The number of benzene rings is 1. The van der Waals surface area contributed by atoms with Crippen LogP contribution in [0.5, 0.6) is 11.5 Å². The lowest BCUT2D eigenvalue weighted by Gasteiger charge is -2.18. The normalized spacial score (nSPS) is 22.1. The summed E-state index contributed by atoms with van der Waals surface area (Å²) in [6, 6.07) is 5.45. The molecule has 104 valence electrons. The van der Waals surface area contributed by atoms with Crippen molar-refractivity contribution in [1.29, 1.82) is 0 Å². The summed E-state index contributed by atoms with van der Waals surface area (Å²) in [6.45, 7) is 3.85. The first-order valence-corrected chi connectivity index (χ1v) is 6.40. The van der Waals surface area contributed by atoms with Gasteiger partial charge in [-0.05, 0) is 24.6 Å². The van der Waals surface area contributed by atoms with Crippen LogP contribution in [0.4, 0.5) is 0 Å². The fraction of sp³-hybridized carbons (Fsp3) is 0.500. The maximum atomic E-state index is 12.3. The Morgan fingerprint density at radius 1 is 1.32 bits per heavy atom. The summed E-state index contributed by atoms with van der Waals surface area (Å²) in [7, 11) is 3.09. The average molecular weight is 264 g/mol. The van der Waals surface area contributed by atoms with Crippen LogP contribution in [0.2, 0.25) is 0 Å². The van der Waals surface area contributed by atoms with Gasteiger partial charge in [-0.1, -0.05) is 13.0 Å². The molecule has 5 heteroatoms. The Bertz CT molecular complexity index is 462. The van der Waals surface area contributed by atoms with Gasteiger partial charge < -0.3 is 20.1 Å². The van der Waals surface area contributed by atoms with Gasteiger partial charge in [-0.25, -0.2) is 0 Å². The molecule has 1 amide bonds. The second kappa shape index (κ2) is 5.93. The van der Waals surface area contributed by atoms with Gasteiger partial charge in [0.1, 0.15) is 0 Å². The van der Waals surface area contributed by atoms with Crippen LogP contribution in [-0.2, 0) is 0 Å². The van der Waals surface area contributed by atoms with Gasteiger partial charge in [0.25, 0.3) is 5.91 Å². The second-order valence-electron chi connectivity index (χ2n) is 4.76. The van der Waals surface area contributed by atoms with Crippen molar-refractivity contribution in [1.82, 2.24) is 10.6 Å². The molecule has 0 saturated carbocycles. The van der Waals surface area contributed by atoms with Crippen LogP contribution < -0.4 is 20.1 Å². The van der Waals surface area contributed by atoms with Crippen LogP contribution in [0.3, 0.4) is 0 Å². The molecule has 2 rings (SSSR count). The first-order chi connectivity index (χ1) is 9.17. The number of rotatable bonds is 4. The summed E-state index contributed by atoms with van der Waals surface area (Å²) in [5.41, 5.74) is 0.501. The molecule has 1 aliphatic heterocycles. The highest BCUT2D eigenvalue weighted by Crippen LogP contribution is 2.30. The van der Waals surface area contributed by atoms with Crippen LogP contribution >= 0.6 is 0 Å². The molecule has 1 aromatic rings. The van der Waals surface area contributed by atoms with Crippen molar-refractivity contribution >= 4 is 5.91 Å². The lowest BCUT2D eigenvalue weighted by molar-refractivity contribution is 0.0929. The van der Waals surface area contributed by atoms with Gasteiger partial charge in [0, 0.05) is 12.6 Å². The number of hydrogen-bond donors (Lipinski definition) is 2. The maximum Gasteiger partial charge on any atom is 0.255 e. The van der Waals surface area contributed by atoms with Gasteiger partial charge in [-0.2, -0.15) is 0 Å². The summed E-state index contributed by atoms with van der Waals surface area (Å²) >= 11 is 0. The van der Waals surface area contributed by atoms with E-state index >= 15 is 0 Å². The Labute approximate surface area is 113 Å². The minimum Gasteiger partial charge on any atom is -0.493 e. The topological polar surface area (TPSA) is 59.6 Å². The monoisotopic (exact) mass is 264 g/mol. The molecule has 1 fully saturated rings. The van der Waals surface area contributed by atoms with E-state index in [0.29, 0.717) is 23.0 Å². The van der Waals surface area contributed by atoms with Crippen LogP contribution in [-0.4, -0.2) is 39.3 Å². The molecule has 2 unspecified atom stereocenters. The quantitative estimate of drug-likeness (QED) is 0.853. The van der Waals surface area contributed by atoms with Crippen LogP contribution in [0.25, 0.3) is 0 Å². The first kappa shape index (κ1) is 13.7. The average Bonchev–Trinajstić information content (AvgIpc) is 2.83. The smallest absolute Gasteiger partial charge is 0.255 e. The predicted molar refractivity (Wildman–Crippen MR) is 72.8 cm³/mol. The zero-order chi connectivity index (χ0) is 13.8. The number of nitrogens with one attached hydrogen (secondary N) is 2. The fourth-order valence-corrected chi connectivity index (χ4v) is 2.32. The van der Waals surface area contributed by atoms with Crippen molar-refractivity contribution < 1.29 is 14.3 Å². The molecule has 19 heavy (non-hydrogen) atoms. The molecule has 1 aromatic carbocycles. The van der Waals surface area contributed by atoms with Crippen molar-refractivity contribution in [3.63, 3.8) is 0 Å². The number of carbonyl (C=O) groups excluding carboxylic acids is 1. The van der Waals surface area contributed by atoms with Crippen molar-refractivity contribution in [3.8, 4) is 11.5 Å². The molecule has 0 bridgehead atoms. The molecule has 1 heterocycles. The maximum absolute atomic E-state index is 12.3. The molecule has 0 aromatic heterocycles. The summed E-state index contributed by atoms with van der Waals surface area (Å²) in [6.07, 6.45) is 0. The van der Waals surface area contributed by atoms with E-state index in [9.17, 15) is 4.79 Å². The molecule has 0 radical (unpaired) electrons. The number of methoxy groups -OCH3 is 2. The van der Waals surface area contributed by atoms with E-state index in [1.165, 1.54) is 7.11 Å². The van der Waals surface area contributed by atoms with Gasteiger partial charge >= 0.3 is 0 Å². The standard InChI is InChI=1S/C14H20N2O3/c1-9-7-15-8-11(9)16-14(17)10-5-4-6-12(18-2)13(10)19-3/h4-6,9,11,15H,7-8H2,1-3H3,(H,16,17). The van der Waals surface area contributed by atoms with E-state index in [1.807, 2.05) is 0 Å². The highest BCUT2D eigenvalue weighted by molar-refractivity contribution is 5.98. The second-order valence-corrected chi connectivity index (χ2v) is 4.76. The highest BCUT2D eigenvalue weighted by atomic mass is 16.5. The van der Waals surface area contributed by atoms with Crippen molar-refractivity contribution in [2.75, 3.05) is 27.3 Å². The zero-order valence-corrected chi connectivity index (χ0v) is 11.5. The summed E-state index contributed by atoms with van der Waals surface area (Å²) in [4.78, 5) is 12.3. The Hall–Kier alpha value is -1.75. The van der Waals surface area contributed by atoms with Crippen LogP contribution in [0.1, 0.15) is 17.3 Å². The number of para-hydroxylation sites is 1. The van der Waals surface area contributed by atoms with E-state index in [0.717, 1.165) is 13.1 Å². The van der Waals surface area contributed by atoms with Crippen molar-refractivity contribution in [2.24, 2.45) is 5.92 Å². The molecule has 0 aliphatic carbocycles. The number of ether oxygens (including phenoxy) is 2. The first-order valence-electron chi connectivity index (χ1n) is 6.40. The number of carbonyl (C=O) groups is 1. The summed E-state index contributed by atoms with van der Waals surface area (Å²) in [5, 5.41) is 6.29. The number of amides is 1. The molecule has 1 saturated heterocycles. The minimum atomic E-state index is -0.128. The third kappa shape index (κ3) is 2.81. The van der Waals surface area contributed by atoms with E-state index in [4.69, 9.17) is 9.47 Å². The van der Waals surface area contributed by atoms with Gasteiger partial charge in [0.05, 0.1) is 19.8 Å². The van der Waals surface area contributed by atoms with E-state index in [1.54, 1.807) is 25.3 Å². The van der Waals surface area contributed by atoms with Crippen LogP contribution in [0, 0.1) is 5.92 Å². The Kier molecular flexibility index (Phi) is 4.27. The Morgan fingerprint density at radius 2 is 2.11 bits per heavy atom. The molecule has 5 nitrogen and oxygen atoms in total. The Balaban J connectivity index is 2.18. The van der Waals surface area contributed by atoms with Gasteiger partial charge in [0.15, 0.2) is 11.5 Å². The minimum absolute atomic E-state index is 0.128. The van der Waals surface area contributed by atoms with Crippen molar-refractivity contribution in [2.45, 2.75) is 13.0 Å². The largest absolute Gasteiger partial charge is 0.493 e. The van der Waals surface area contributed by atoms with Gasteiger partial charge in [-0.3, -0.25) is 4.79 Å². The lowest BCUT2D eigenvalue weighted by Crippen LogP contribution is -2.39. The molecular weight excluding hydrogens is 244 g/mol. The molecular formula is C14H20N2O3. The third-order valence-corrected chi connectivity index (χ3v) is 3.48. The summed E-state index contributed by atoms with van der Waals surface area (Å²) < 4.78 is 10.5. The number of hydrogen-bond acceptors (Lipinski definition) is 4. The molecule has 2 atom stereocenters. The van der Waals surface area contributed by atoms with Gasteiger partial charge in [-0.15, -0.1) is 0 Å². The van der Waals surface area contributed by atoms with E-state index in [2.05, 4.69) is 17.6 Å². The fourth-order valence-electron chi connectivity index (χ4n) is 2.32.